The number of hydrogen-bond acceptors (Lipinski definition) is 6. The second kappa shape index (κ2) is 15.8. The lowest BCUT2D eigenvalue weighted by molar-refractivity contribution is 0.139. The van der Waals surface area contributed by atoms with Crippen LogP contribution in [0.3, 0.4) is 0 Å². The predicted molar refractivity (Wildman–Crippen MR) is 80.6 cm³/mol. The van der Waals surface area contributed by atoms with Crippen LogP contribution in [-0.4, -0.2) is 61.9 Å². The number of amides is 2. The topological polar surface area (TPSA) is 117 Å². The molecule has 0 aliphatic rings. The van der Waals surface area contributed by atoms with Crippen LogP contribution in [0.1, 0.15) is 38.5 Å². The normalized spacial score (nSPS) is 10.1. The van der Waals surface area contributed by atoms with Gasteiger partial charge >= 0.3 is 12.2 Å². The van der Waals surface area contributed by atoms with Crippen LogP contribution in [0, 0.1) is 0 Å². The summed E-state index contributed by atoms with van der Waals surface area (Å²) in [7, 11) is 0. The third-order valence-corrected chi connectivity index (χ3v) is 2.71. The highest BCUT2D eigenvalue weighted by molar-refractivity contribution is 5.67. The molecular formula is C14H28N2O6. The van der Waals surface area contributed by atoms with E-state index < -0.39 is 12.2 Å². The summed E-state index contributed by atoms with van der Waals surface area (Å²) in [5.41, 5.74) is 0. The number of rotatable bonds is 13. The first kappa shape index (κ1) is 20.5. The monoisotopic (exact) mass is 320 g/mol. The van der Waals surface area contributed by atoms with Gasteiger partial charge in [0.2, 0.25) is 0 Å². The molecule has 0 aromatic rings. The molecule has 0 aliphatic heterocycles. The van der Waals surface area contributed by atoms with Gasteiger partial charge in [0.05, 0.1) is 13.2 Å². The van der Waals surface area contributed by atoms with E-state index in [0.717, 1.165) is 12.8 Å². The number of hydrogen-bond donors (Lipinski definition) is 4. The molecule has 0 atom stereocenters. The van der Waals surface area contributed by atoms with Crippen LogP contribution in [0.25, 0.3) is 0 Å². The van der Waals surface area contributed by atoms with Crippen LogP contribution in [0.15, 0.2) is 0 Å². The lowest BCUT2D eigenvalue weighted by Gasteiger charge is -2.08. The van der Waals surface area contributed by atoms with Crippen molar-refractivity contribution in [3.8, 4) is 0 Å². The van der Waals surface area contributed by atoms with E-state index in [2.05, 4.69) is 10.6 Å². The second-order valence-electron chi connectivity index (χ2n) is 4.69. The molecule has 8 heteroatoms. The number of nitrogens with one attached hydrogen (secondary N) is 2. The number of alkyl carbamates (subject to hydrolysis) is 2. The van der Waals surface area contributed by atoms with Crippen molar-refractivity contribution < 1.29 is 29.3 Å². The van der Waals surface area contributed by atoms with Crippen molar-refractivity contribution in [2.45, 2.75) is 38.5 Å². The molecule has 0 saturated heterocycles. The van der Waals surface area contributed by atoms with Gasteiger partial charge in [-0.25, -0.2) is 9.59 Å². The Bertz CT molecular complexity index is 261. The maximum absolute atomic E-state index is 11.2. The lowest BCUT2D eigenvalue weighted by atomic mass is 10.3. The smallest absolute Gasteiger partial charge is 0.407 e. The number of ether oxygens (including phenoxy) is 2. The third-order valence-electron chi connectivity index (χ3n) is 2.71. The molecule has 0 aromatic carbocycles. The Morgan fingerprint density at radius 3 is 1.45 bits per heavy atom. The van der Waals surface area contributed by atoms with Gasteiger partial charge in [-0.15, -0.1) is 0 Å². The van der Waals surface area contributed by atoms with Crippen molar-refractivity contribution in [3.05, 3.63) is 0 Å². The zero-order valence-corrected chi connectivity index (χ0v) is 13.0. The van der Waals surface area contributed by atoms with Gasteiger partial charge < -0.3 is 30.3 Å². The Morgan fingerprint density at radius 1 is 0.682 bits per heavy atom. The van der Waals surface area contributed by atoms with Crippen LogP contribution in [0.5, 0.6) is 0 Å². The van der Waals surface area contributed by atoms with Crippen molar-refractivity contribution in [2.24, 2.45) is 0 Å². The van der Waals surface area contributed by atoms with Crippen LogP contribution in [0.4, 0.5) is 9.59 Å². The van der Waals surface area contributed by atoms with Gasteiger partial charge in [-0.05, 0) is 38.5 Å². The maximum Gasteiger partial charge on any atom is 0.407 e. The highest BCUT2D eigenvalue weighted by Crippen LogP contribution is 1.92. The summed E-state index contributed by atoms with van der Waals surface area (Å²) >= 11 is 0. The van der Waals surface area contributed by atoms with Crippen molar-refractivity contribution in [1.82, 2.24) is 10.6 Å². The number of carbonyl (C=O) groups excluding carboxylic acids is 2. The highest BCUT2D eigenvalue weighted by atomic mass is 16.6. The average Bonchev–Trinajstić information content (AvgIpc) is 2.51. The van der Waals surface area contributed by atoms with Crippen molar-refractivity contribution in [3.63, 3.8) is 0 Å². The Kier molecular flexibility index (Phi) is 14.7. The molecule has 0 unspecified atom stereocenters. The van der Waals surface area contributed by atoms with Crippen molar-refractivity contribution in [1.29, 1.82) is 0 Å². The minimum absolute atomic E-state index is 0.0991. The molecular weight excluding hydrogens is 292 g/mol. The minimum Gasteiger partial charge on any atom is -0.450 e. The van der Waals surface area contributed by atoms with Crippen LogP contribution in [0.2, 0.25) is 0 Å². The fourth-order valence-corrected chi connectivity index (χ4v) is 1.49. The first-order chi connectivity index (χ1) is 10.7. The van der Waals surface area contributed by atoms with E-state index in [4.69, 9.17) is 19.7 Å². The maximum atomic E-state index is 11.2. The lowest BCUT2D eigenvalue weighted by Crippen LogP contribution is -2.28. The summed E-state index contributed by atoms with van der Waals surface area (Å²) in [6.45, 7) is 1.76. The molecule has 4 N–H and O–H groups in total. The van der Waals surface area contributed by atoms with Gasteiger partial charge in [0.1, 0.15) is 0 Å². The number of aliphatic hydroxyl groups is 2. The van der Waals surface area contributed by atoms with Gasteiger partial charge in [0.15, 0.2) is 0 Å². The fourth-order valence-electron chi connectivity index (χ4n) is 1.49. The summed E-state index contributed by atoms with van der Waals surface area (Å²) in [6, 6.07) is 0. The Morgan fingerprint density at radius 2 is 1.09 bits per heavy atom. The van der Waals surface area contributed by atoms with Gasteiger partial charge in [-0.3, -0.25) is 0 Å². The molecule has 0 saturated carbocycles. The van der Waals surface area contributed by atoms with E-state index >= 15 is 0 Å². The quantitative estimate of drug-likeness (QED) is 0.372. The first-order valence-electron chi connectivity index (χ1n) is 7.73. The van der Waals surface area contributed by atoms with Crippen LogP contribution >= 0.6 is 0 Å². The number of aliphatic hydroxyl groups excluding tert-OH is 2. The zero-order valence-electron chi connectivity index (χ0n) is 13.0. The summed E-state index contributed by atoms with van der Waals surface area (Å²) < 4.78 is 9.77. The van der Waals surface area contributed by atoms with E-state index in [9.17, 15) is 9.59 Å². The largest absolute Gasteiger partial charge is 0.450 e. The van der Waals surface area contributed by atoms with E-state index in [-0.39, 0.29) is 13.2 Å². The number of carbonyl (C=O) groups is 2. The van der Waals surface area contributed by atoms with Gasteiger partial charge in [-0.2, -0.15) is 0 Å². The minimum atomic E-state index is -0.464. The molecule has 130 valence electrons. The van der Waals surface area contributed by atoms with Crippen molar-refractivity contribution >= 4 is 12.2 Å². The first-order valence-corrected chi connectivity index (χ1v) is 7.73. The molecule has 0 fully saturated rings. The molecule has 0 bridgehead atoms. The Hall–Kier alpha value is -1.54. The Balaban J connectivity index is 3.28. The van der Waals surface area contributed by atoms with E-state index in [1.165, 1.54) is 0 Å². The van der Waals surface area contributed by atoms with E-state index in [1.54, 1.807) is 0 Å². The third kappa shape index (κ3) is 14.9. The molecule has 0 aromatic heterocycles. The van der Waals surface area contributed by atoms with Gasteiger partial charge in [0.25, 0.3) is 0 Å². The molecule has 0 spiro atoms. The molecule has 0 radical (unpaired) electrons. The zero-order chi connectivity index (χ0) is 16.5. The van der Waals surface area contributed by atoms with Crippen LogP contribution < -0.4 is 10.6 Å². The second-order valence-corrected chi connectivity index (χ2v) is 4.69. The van der Waals surface area contributed by atoms with Crippen LogP contribution in [-0.2, 0) is 9.47 Å². The summed E-state index contributed by atoms with van der Waals surface area (Å²) in [5, 5.41) is 22.3. The molecule has 0 rings (SSSR count). The van der Waals surface area contributed by atoms with Gasteiger partial charge in [-0.1, -0.05) is 0 Å². The van der Waals surface area contributed by atoms with Crippen molar-refractivity contribution in [2.75, 3.05) is 39.5 Å². The SMILES string of the molecule is O=C(NCCCCNC(=O)OCCCCO)OCCCCO. The van der Waals surface area contributed by atoms with Gasteiger partial charge in [0, 0.05) is 26.3 Å². The van der Waals surface area contributed by atoms with E-state index in [1.807, 2.05) is 0 Å². The molecule has 0 aliphatic carbocycles. The summed E-state index contributed by atoms with van der Waals surface area (Å²) in [6.07, 6.45) is 3.04. The fraction of sp³-hybridized carbons (Fsp3) is 0.857. The standard InChI is InChI=1S/C14H28N2O6/c17-9-3-5-11-21-13(19)15-7-1-2-8-16-14(20)22-12-6-4-10-18/h17-18H,1-12H2,(H,15,19)(H,16,20). The number of unbranched alkanes of at least 4 members (excludes halogenated alkanes) is 3. The highest BCUT2D eigenvalue weighted by Gasteiger charge is 2.02. The molecule has 0 heterocycles. The average molecular weight is 320 g/mol. The predicted octanol–water partition coefficient (Wildman–Crippen LogP) is 0.764. The molecule has 8 nitrogen and oxygen atoms in total. The Labute approximate surface area is 131 Å². The summed E-state index contributed by atoms with van der Waals surface area (Å²) in [5.74, 6) is 0. The molecule has 2 amide bonds. The van der Waals surface area contributed by atoms with E-state index in [0.29, 0.717) is 52.0 Å². The summed E-state index contributed by atoms with van der Waals surface area (Å²) in [4.78, 5) is 22.4. The molecule has 22 heavy (non-hydrogen) atoms.